The molecule has 112 valence electrons. The largest absolute Gasteiger partial charge is 0.330 e. The van der Waals surface area contributed by atoms with E-state index in [0.717, 1.165) is 19.1 Å². The standard InChI is InChI=1S/C15H27N5/c1-18-7-9-19(10-8-18)6-2-5-16-11-15-12-17-13-20(15)14-3-4-14/h12-14,16H,2-11H2,1H3. The second-order valence-electron chi connectivity index (χ2n) is 6.20. The summed E-state index contributed by atoms with van der Waals surface area (Å²) in [6.45, 7) is 8.17. The molecule has 1 aromatic rings. The van der Waals surface area contributed by atoms with Crippen LogP contribution in [0, 0.1) is 0 Å². The molecule has 0 amide bonds. The highest BCUT2D eigenvalue weighted by atomic mass is 15.2. The highest BCUT2D eigenvalue weighted by Crippen LogP contribution is 2.35. The Kier molecular flexibility index (Phi) is 4.70. The molecular weight excluding hydrogens is 250 g/mol. The van der Waals surface area contributed by atoms with Crippen molar-refractivity contribution in [2.75, 3.05) is 46.3 Å². The number of nitrogens with one attached hydrogen (secondary N) is 1. The van der Waals surface area contributed by atoms with Crippen molar-refractivity contribution in [1.82, 2.24) is 24.7 Å². The number of rotatable bonds is 7. The van der Waals surface area contributed by atoms with Crippen molar-refractivity contribution in [3.05, 3.63) is 18.2 Å². The number of hydrogen-bond acceptors (Lipinski definition) is 4. The summed E-state index contributed by atoms with van der Waals surface area (Å²) in [7, 11) is 2.21. The molecule has 0 spiro atoms. The summed E-state index contributed by atoms with van der Waals surface area (Å²) < 4.78 is 2.34. The van der Waals surface area contributed by atoms with Gasteiger partial charge in [-0.2, -0.15) is 0 Å². The van der Waals surface area contributed by atoms with E-state index in [1.54, 1.807) is 0 Å². The quantitative estimate of drug-likeness (QED) is 0.753. The summed E-state index contributed by atoms with van der Waals surface area (Å²) in [5.41, 5.74) is 1.34. The first-order chi connectivity index (χ1) is 9.83. The number of hydrogen-bond donors (Lipinski definition) is 1. The van der Waals surface area contributed by atoms with E-state index in [9.17, 15) is 0 Å². The Morgan fingerprint density at radius 2 is 2.05 bits per heavy atom. The maximum absolute atomic E-state index is 4.27. The molecule has 0 unspecified atom stereocenters. The van der Waals surface area contributed by atoms with Gasteiger partial charge in [0.1, 0.15) is 0 Å². The molecule has 1 aromatic heterocycles. The molecular formula is C15H27N5. The normalized spacial score (nSPS) is 21.4. The lowest BCUT2D eigenvalue weighted by molar-refractivity contribution is 0.152. The van der Waals surface area contributed by atoms with Gasteiger partial charge < -0.3 is 19.7 Å². The first kappa shape index (κ1) is 14.0. The van der Waals surface area contributed by atoms with Crippen molar-refractivity contribution in [1.29, 1.82) is 0 Å². The van der Waals surface area contributed by atoms with Gasteiger partial charge in [0, 0.05) is 45.0 Å². The van der Waals surface area contributed by atoms with Crippen LogP contribution in [0.25, 0.3) is 0 Å². The summed E-state index contributed by atoms with van der Waals surface area (Å²) in [6.07, 6.45) is 7.88. The van der Waals surface area contributed by atoms with Crippen LogP contribution in [0.5, 0.6) is 0 Å². The maximum Gasteiger partial charge on any atom is 0.0951 e. The zero-order chi connectivity index (χ0) is 13.8. The van der Waals surface area contributed by atoms with E-state index in [2.05, 4.69) is 31.7 Å². The Morgan fingerprint density at radius 3 is 2.80 bits per heavy atom. The number of imidazole rings is 1. The van der Waals surface area contributed by atoms with E-state index in [4.69, 9.17) is 0 Å². The van der Waals surface area contributed by atoms with E-state index < -0.39 is 0 Å². The Balaban J connectivity index is 1.29. The van der Waals surface area contributed by atoms with E-state index in [0.29, 0.717) is 0 Å². The molecule has 1 saturated heterocycles. The van der Waals surface area contributed by atoms with Gasteiger partial charge in [-0.1, -0.05) is 0 Å². The predicted molar refractivity (Wildman–Crippen MR) is 80.8 cm³/mol. The van der Waals surface area contributed by atoms with Crippen LogP contribution in [0.4, 0.5) is 0 Å². The Labute approximate surface area is 122 Å². The minimum Gasteiger partial charge on any atom is -0.330 e. The molecule has 0 atom stereocenters. The predicted octanol–water partition coefficient (Wildman–Crippen LogP) is 0.945. The minimum atomic E-state index is 0.736. The monoisotopic (exact) mass is 277 g/mol. The fraction of sp³-hybridized carbons (Fsp3) is 0.800. The summed E-state index contributed by atoms with van der Waals surface area (Å²) in [5.74, 6) is 0. The Bertz CT molecular complexity index is 404. The Hall–Kier alpha value is -0.910. The molecule has 1 saturated carbocycles. The van der Waals surface area contributed by atoms with Crippen LogP contribution < -0.4 is 5.32 Å². The molecule has 3 rings (SSSR count). The lowest BCUT2D eigenvalue weighted by Crippen LogP contribution is -2.45. The zero-order valence-corrected chi connectivity index (χ0v) is 12.6. The summed E-state index contributed by atoms with van der Waals surface area (Å²) in [5, 5.41) is 3.56. The summed E-state index contributed by atoms with van der Waals surface area (Å²) in [4.78, 5) is 9.26. The van der Waals surface area contributed by atoms with E-state index in [1.165, 1.54) is 57.7 Å². The van der Waals surface area contributed by atoms with Crippen molar-refractivity contribution in [3.8, 4) is 0 Å². The highest BCUT2D eigenvalue weighted by Gasteiger charge is 2.24. The van der Waals surface area contributed by atoms with E-state index in [-0.39, 0.29) is 0 Å². The summed E-state index contributed by atoms with van der Waals surface area (Å²) >= 11 is 0. The topological polar surface area (TPSA) is 36.3 Å². The van der Waals surface area contributed by atoms with Crippen LogP contribution in [-0.4, -0.2) is 65.7 Å². The van der Waals surface area contributed by atoms with Crippen molar-refractivity contribution in [2.45, 2.75) is 31.8 Å². The lowest BCUT2D eigenvalue weighted by atomic mass is 10.3. The molecule has 2 aliphatic rings. The summed E-state index contributed by atoms with van der Waals surface area (Å²) in [6, 6.07) is 0.736. The van der Waals surface area contributed by atoms with Gasteiger partial charge in [0.25, 0.3) is 0 Å². The van der Waals surface area contributed by atoms with Gasteiger partial charge in [-0.3, -0.25) is 0 Å². The van der Waals surface area contributed by atoms with Gasteiger partial charge in [-0.15, -0.1) is 0 Å². The molecule has 5 nitrogen and oxygen atoms in total. The average molecular weight is 277 g/mol. The van der Waals surface area contributed by atoms with Gasteiger partial charge in [-0.25, -0.2) is 4.98 Å². The smallest absolute Gasteiger partial charge is 0.0951 e. The van der Waals surface area contributed by atoms with Crippen molar-refractivity contribution < 1.29 is 0 Å². The van der Waals surface area contributed by atoms with E-state index in [1.807, 2.05) is 12.5 Å². The van der Waals surface area contributed by atoms with Gasteiger partial charge in [-0.05, 0) is 39.4 Å². The zero-order valence-electron chi connectivity index (χ0n) is 12.6. The molecule has 5 heteroatoms. The molecule has 1 aliphatic carbocycles. The number of aromatic nitrogens is 2. The molecule has 0 bridgehead atoms. The van der Waals surface area contributed by atoms with Crippen molar-refractivity contribution in [3.63, 3.8) is 0 Å². The van der Waals surface area contributed by atoms with Crippen LogP contribution in [0.1, 0.15) is 31.0 Å². The molecule has 1 N–H and O–H groups in total. The fourth-order valence-electron chi connectivity index (χ4n) is 2.87. The molecule has 1 aliphatic heterocycles. The molecule has 2 heterocycles. The van der Waals surface area contributed by atoms with Gasteiger partial charge in [0.2, 0.25) is 0 Å². The third kappa shape index (κ3) is 3.81. The van der Waals surface area contributed by atoms with Crippen LogP contribution in [-0.2, 0) is 6.54 Å². The first-order valence-electron chi connectivity index (χ1n) is 7.95. The highest BCUT2D eigenvalue weighted by molar-refractivity contribution is 5.03. The molecule has 0 aromatic carbocycles. The lowest BCUT2D eigenvalue weighted by Gasteiger charge is -2.32. The third-order valence-corrected chi connectivity index (χ3v) is 4.42. The maximum atomic E-state index is 4.27. The number of likely N-dealkylation sites (N-methyl/N-ethyl adjacent to an activating group) is 1. The molecule has 2 fully saturated rings. The van der Waals surface area contributed by atoms with Crippen LogP contribution in [0.15, 0.2) is 12.5 Å². The van der Waals surface area contributed by atoms with Crippen LogP contribution in [0.2, 0.25) is 0 Å². The SMILES string of the molecule is CN1CCN(CCCNCc2cncn2C2CC2)CC1. The van der Waals surface area contributed by atoms with E-state index >= 15 is 0 Å². The third-order valence-electron chi connectivity index (χ3n) is 4.42. The second-order valence-corrected chi connectivity index (χ2v) is 6.20. The van der Waals surface area contributed by atoms with Crippen LogP contribution in [0.3, 0.4) is 0 Å². The second kappa shape index (κ2) is 6.70. The van der Waals surface area contributed by atoms with Crippen molar-refractivity contribution >= 4 is 0 Å². The van der Waals surface area contributed by atoms with Gasteiger partial charge in [0.05, 0.1) is 12.0 Å². The van der Waals surface area contributed by atoms with Gasteiger partial charge >= 0.3 is 0 Å². The van der Waals surface area contributed by atoms with Gasteiger partial charge in [0.15, 0.2) is 0 Å². The first-order valence-corrected chi connectivity index (χ1v) is 7.95. The number of nitrogens with zero attached hydrogens (tertiary/aromatic N) is 4. The minimum absolute atomic E-state index is 0.736. The fourth-order valence-corrected chi connectivity index (χ4v) is 2.87. The number of piperazine rings is 1. The average Bonchev–Trinajstić information content (AvgIpc) is 3.20. The van der Waals surface area contributed by atoms with Crippen molar-refractivity contribution in [2.24, 2.45) is 0 Å². The molecule has 0 radical (unpaired) electrons. The molecule has 20 heavy (non-hydrogen) atoms. The van der Waals surface area contributed by atoms with Crippen LogP contribution >= 0.6 is 0 Å². The Morgan fingerprint density at radius 1 is 1.25 bits per heavy atom.